The Hall–Kier alpha value is -2.33. The van der Waals surface area contributed by atoms with Crippen molar-refractivity contribution in [1.29, 1.82) is 0 Å². The van der Waals surface area contributed by atoms with Gasteiger partial charge in [-0.15, -0.1) is 0 Å². The van der Waals surface area contributed by atoms with Gasteiger partial charge in [0, 0.05) is 10.6 Å². The van der Waals surface area contributed by atoms with Gasteiger partial charge in [-0.2, -0.15) is 5.10 Å². The molecule has 1 aliphatic rings. The number of halogens is 1. The first-order valence-electron chi connectivity index (χ1n) is 8.38. The molecule has 0 unspecified atom stereocenters. The summed E-state index contributed by atoms with van der Waals surface area (Å²) in [5.74, 6) is 0.353. The summed E-state index contributed by atoms with van der Waals surface area (Å²) in [5, 5.41) is 5.02. The number of amides is 1. The summed E-state index contributed by atoms with van der Waals surface area (Å²) in [6.07, 6.45) is 2.97. The molecule has 130 valence electrons. The lowest BCUT2D eigenvalue weighted by atomic mass is 9.90. The molecule has 0 aromatic heterocycles. The summed E-state index contributed by atoms with van der Waals surface area (Å²) < 4.78 is 5.55. The molecule has 0 radical (unpaired) electrons. The highest BCUT2D eigenvalue weighted by molar-refractivity contribution is 6.32. The van der Waals surface area contributed by atoms with E-state index >= 15 is 0 Å². The Labute approximate surface area is 152 Å². The number of nitrogens with zero attached hydrogens (tertiary/aromatic N) is 1. The van der Waals surface area contributed by atoms with E-state index in [9.17, 15) is 4.79 Å². The lowest BCUT2D eigenvalue weighted by molar-refractivity contribution is -0.123. The van der Waals surface area contributed by atoms with Crippen LogP contribution < -0.4 is 10.2 Å². The minimum atomic E-state index is -0.277. The smallest absolute Gasteiger partial charge is 0.277 e. The first-order chi connectivity index (χ1) is 12.0. The van der Waals surface area contributed by atoms with Crippen LogP contribution in [0.25, 0.3) is 0 Å². The normalized spacial score (nSPS) is 14.9. The summed E-state index contributed by atoms with van der Waals surface area (Å²) >= 11 is 6.14. The lowest BCUT2D eigenvalue weighted by Gasteiger charge is -2.17. The molecule has 3 rings (SSSR count). The van der Waals surface area contributed by atoms with Gasteiger partial charge in [-0.05, 0) is 61.9 Å². The summed E-state index contributed by atoms with van der Waals surface area (Å²) in [4.78, 5) is 12.0. The molecule has 2 aromatic rings. The third kappa shape index (κ3) is 4.20. The van der Waals surface area contributed by atoms with Crippen LogP contribution in [-0.2, 0) is 11.2 Å². The van der Waals surface area contributed by atoms with Gasteiger partial charge < -0.3 is 4.74 Å². The molecule has 0 heterocycles. The number of fused-ring (bicyclic) bond motifs is 1. The van der Waals surface area contributed by atoms with Crippen molar-refractivity contribution in [2.75, 3.05) is 6.61 Å². The standard InChI is InChI=1S/C20H21ClN2O2/c1-13-10-16(11-14(2)20(13)21)25-12-19(24)23-22-18-9-5-7-15-6-3-4-8-17(15)18/h3-4,6,8,10-11H,5,7,9,12H2,1-2H3,(H,23,24)/b22-18+. The molecule has 5 heteroatoms. The second-order valence-corrected chi connectivity index (χ2v) is 6.64. The topological polar surface area (TPSA) is 50.7 Å². The first kappa shape index (κ1) is 17.5. The maximum Gasteiger partial charge on any atom is 0.277 e. The van der Waals surface area contributed by atoms with Crippen LogP contribution >= 0.6 is 11.6 Å². The maximum absolute atomic E-state index is 12.0. The van der Waals surface area contributed by atoms with Gasteiger partial charge in [-0.1, -0.05) is 35.9 Å². The molecule has 1 aliphatic carbocycles. The van der Waals surface area contributed by atoms with E-state index < -0.39 is 0 Å². The SMILES string of the molecule is Cc1cc(OCC(=O)N/N=C2\CCCc3ccccc32)cc(C)c1Cl. The molecular weight excluding hydrogens is 336 g/mol. The Morgan fingerprint density at radius 2 is 1.92 bits per heavy atom. The van der Waals surface area contributed by atoms with Crippen LogP contribution in [0.1, 0.15) is 35.1 Å². The number of hydrazone groups is 1. The summed E-state index contributed by atoms with van der Waals surface area (Å²) in [7, 11) is 0. The second-order valence-electron chi connectivity index (χ2n) is 6.26. The van der Waals surface area contributed by atoms with Crippen molar-refractivity contribution in [2.45, 2.75) is 33.1 Å². The highest BCUT2D eigenvalue weighted by Gasteiger charge is 2.15. The number of carbonyl (C=O) groups is 1. The molecule has 0 aliphatic heterocycles. The number of hydrogen-bond acceptors (Lipinski definition) is 3. The van der Waals surface area contributed by atoms with Gasteiger partial charge >= 0.3 is 0 Å². The van der Waals surface area contributed by atoms with Crippen molar-refractivity contribution in [3.63, 3.8) is 0 Å². The Morgan fingerprint density at radius 1 is 1.20 bits per heavy atom. The van der Waals surface area contributed by atoms with Crippen molar-refractivity contribution in [1.82, 2.24) is 5.43 Å². The van der Waals surface area contributed by atoms with Crippen molar-refractivity contribution < 1.29 is 9.53 Å². The third-order valence-corrected chi connectivity index (χ3v) is 4.88. The molecular formula is C20H21ClN2O2. The van der Waals surface area contributed by atoms with Gasteiger partial charge in [0.15, 0.2) is 6.61 Å². The Balaban J connectivity index is 1.61. The number of carbonyl (C=O) groups excluding carboxylic acids is 1. The van der Waals surface area contributed by atoms with Gasteiger partial charge in [0.05, 0.1) is 5.71 Å². The van der Waals surface area contributed by atoms with E-state index in [4.69, 9.17) is 16.3 Å². The fraction of sp³-hybridized carbons (Fsp3) is 0.300. The number of nitrogens with one attached hydrogen (secondary N) is 1. The van der Waals surface area contributed by atoms with Crippen LogP contribution in [0.15, 0.2) is 41.5 Å². The minimum Gasteiger partial charge on any atom is -0.484 e. The minimum absolute atomic E-state index is 0.0844. The van der Waals surface area contributed by atoms with Gasteiger partial charge in [0.25, 0.3) is 5.91 Å². The average Bonchev–Trinajstić information content (AvgIpc) is 2.62. The Morgan fingerprint density at radius 3 is 2.68 bits per heavy atom. The van der Waals surface area contributed by atoms with Gasteiger partial charge in [0.2, 0.25) is 0 Å². The lowest BCUT2D eigenvalue weighted by Crippen LogP contribution is -2.27. The molecule has 2 aromatic carbocycles. The molecule has 0 atom stereocenters. The largest absolute Gasteiger partial charge is 0.484 e. The summed E-state index contributed by atoms with van der Waals surface area (Å²) in [6, 6.07) is 11.8. The van der Waals surface area contributed by atoms with E-state index in [0.717, 1.165) is 46.7 Å². The van der Waals surface area contributed by atoms with Crippen LogP contribution in [0, 0.1) is 13.8 Å². The molecule has 0 saturated carbocycles. The van der Waals surface area contributed by atoms with Gasteiger partial charge in [-0.3, -0.25) is 4.79 Å². The second kappa shape index (κ2) is 7.70. The zero-order valence-corrected chi connectivity index (χ0v) is 15.2. The Kier molecular flexibility index (Phi) is 5.39. The highest BCUT2D eigenvalue weighted by Crippen LogP contribution is 2.25. The quantitative estimate of drug-likeness (QED) is 0.835. The highest BCUT2D eigenvalue weighted by atomic mass is 35.5. The Bertz CT molecular complexity index is 807. The van der Waals surface area contributed by atoms with Crippen LogP contribution in [-0.4, -0.2) is 18.2 Å². The fourth-order valence-corrected chi connectivity index (χ4v) is 3.13. The summed E-state index contributed by atoms with van der Waals surface area (Å²) in [6.45, 7) is 3.74. The van der Waals surface area contributed by atoms with E-state index in [1.807, 2.05) is 38.1 Å². The molecule has 0 fully saturated rings. The summed E-state index contributed by atoms with van der Waals surface area (Å²) in [5.41, 5.74) is 7.79. The van der Waals surface area contributed by atoms with Crippen LogP contribution in [0.4, 0.5) is 0 Å². The van der Waals surface area contributed by atoms with Crippen LogP contribution in [0.2, 0.25) is 5.02 Å². The average molecular weight is 357 g/mol. The number of ether oxygens (including phenoxy) is 1. The van der Waals surface area contributed by atoms with Crippen molar-refractivity contribution in [2.24, 2.45) is 5.10 Å². The van der Waals surface area contributed by atoms with Crippen molar-refractivity contribution in [3.8, 4) is 5.75 Å². The molecule has 0 saturated heterocycles. The van der Waals surface area contributed by atoms with Crippen LogP contribution in [0.3, 0.4) is 0 Å². The predicted molar refractivity (Wildman–Crippen MR) is 100 cm³/mol. The van der Waals surface area contributed by atoms with Crippen LogP contribution in [0.5, 0.6) is 5.75 Å². The zero-order valence-electron chi connectivity index (χ0n) is 14.4. The molecule has 1 amide bonds. The van der Waals surface area contributed by atoms with Gasteiger partial charge in [0.1, 0.15) is 5.75 Å². The monoisotopic (exact) mass is 356 g/mol. The van der Waals surface area contributed by atoms with E-state index in [1.165, 1.54) is 5.56 Å². The number of aryl methyl sites for hydroxylation is 3. The first-order valence-corrected chi connectivity index (χ1v) is 8.75. The van der Waals surface area contributed by atoms with Crippen molar-refractivity contribution >= 4 is 23.2 Å². The molecule has 4 nitrogen and oxygen atoms in total. The van der Waals surface area contributed by atoms with E-state index in [-0.39, 0.29) is 12.5 Å². The van der Waals surface area contributed by atoms with E-state index in [1.54, 1.807) is 0 Å². The number of benzene rings is 2. The van der Waals surface area contributed by atoms with Crippen molar-refractivity contribution in [3.05, 3.63) is 63.7 Å². The molecule has 0 bridgehead atoms. The third-order valence-electron chi connectivity index (χ3n) is 4.28. The molecule has 1 N–H and O–H groups in total. The van der Waals surface area contributed by atoms with E-state index in [2.05, 4.69) is 22.7 Å². The predicted octanol–water partition coefficient (Wildman–Crippen LogP) is 4.19. The zero-order chi connectivity index (χ0) is 17.8. The van der Waals surface area contributed by atoms with E-state index in [0.29, 0.717) is 5.75 Å². The van der Waals surface area contributed by atoms with Gasteiger partial charge in [-0.25, -0.2) is 5.43 Å². The molecule has 0 spiro atoms. The number of rotatable bonds is 4. The molecule has 25 heavy (non-hydrogen) atoms. The fourth-order valence-electron chi connectivity index (χ4n) is 3.02. The maximum atomic E-state index is 12.0. The number of hydrogen-bond donors (Lipinski definition) is 1.